The number of nitrogens with one attached hydrogen (secondary N) is 1. The highest BCUT2D eigenvalue weighted by Gasteiger charge is 2.18. The van der Waals surface area contributed by atoms with Gasteiger partial charge in [-0.25, -0.2) is 4.68 Å². The minimum absolute atomic E-state index is 0.0541. The first-order chi connectivity index (χ1) is 15.9. The number of aromatic nitrogens is 2. The maximum absolute atomic E-state index is 13.2. The van der Waals surface area contributed by atoms with Gasteiger partial charge in [-0.05, 0) is 36.8 Å². The Morgan fingerprint density at radius 1 is 0.909 bits per heavy atom. The Bertz CT molecular complexity index is 1260. The predicted molar refractivity (Wildman–Crippen MR) is 129 cm³/mol. The van der Waals surface area contributed by atoms with E-state index >= 15 is 0 Å². The third-order valence-electron chi connectivity index (χ3n) is 5.36. The lowest BCUT2D eigenvalue weighted by Gasteiger charge is -2.11. The van der Waals surface area contributed by atoms with Crippen molar-refractivity contribution >= 4 is 11.8 Å². The Labute approximate surface area is 193 Å². The Balaban J connectivity index is 1.57. The molecular formula is C27H26N4O2. The number of amides is 2. The first-order valence-electron chi connectivity index (χ1n) is 10.7. The maximum atomic E-state index is 13.2. The molecule has 1 N–H and O–H groups in total. The molecule has 0 saturated carbocycles. The fraction of sp³-hybridized carbons (Fsp3) is 0.148. The molecule has 4 rings (SSSR count). The van der Waals surface area contributed by atoms with E-state index in [1.807, 2.05) is 73.7 Å². The first-order valence-corrected chi connectivity index (χ1v) is 10.7. The zero-order valence-corrected chi connectivity index (χ0v) is 18.9. The van der Waals surface area contributed by atoms with E-state index in [-0.39, 0.29) is 11.8 Å². The quantitative estimate of drug-likeness (QED) is 0.483. The molecule has 1 aromatic heterocycles. The molecule has 166 valence electrons. The van der Waals surface area contributed by atoms with Gasteiger partial charge >= 0.3 is 0 Å². The topological polar surface area (TPSA) is 67.2 Å². The second-order valence-corrected chi connectivity index (χ2v) is 8.12. The van der Waals surface area contributed by atoms with Gasteiger partial charge in [0.25, 0.3) is 11.8 Å². The molecule has 1 heterocycles. The molecule has 0 spiro atoms. The van der Waals surface area contributed by atoms with Crippen LogP contribution in [-0.2, 0) is 6.54 Å². The molecular weight excluding hydrogens is 412 g/mol. The fourth-order valence-corrected chi connectivity index (χ4v) is 3.48. The molecule has 0 saturated heterocycles. The van der Waals surface area contributed by atoms with Crippen LogP contribution in [0.2, 0.25) is 0 Å². The first kappa shape index (κ1) is 22.0. The van der Waals surface area contributed by atoms with Gasteiger partial charge in [0.15, 0.2) is 0 Å². The molecule has 0 atom stereocenters. The molecule has 2 amide bonds. The number of nitrogens with zero attached hydrogens (tertiary/aromatic N) is 3. The van der Waals surface area contributed by atoms with Crippen LogP contribution < -0.4 is 5.32 Å². The van der Waals surface area contributed by atoms with Crippen LogP contribution in [0.15, 0.2) is 85.1 Å². The number of rotatable bonds is 6. The van der Waals surface area contributed by atoms with E-state index in [4.69, 9.17) is 5.10 Å². The SMILES string of the molecule is Cc1ccc(-n2cc(C(=O)NCc3ccc(C(=O)N(C)C)cc3)c(-c3ccccc3)n2)cc1. The van der Waals surface area contributed by atoms with Gasteiger partial charge in [0, 0.05) is 38.0 Å². The third kappa shape index (κ3) is 5.01. The van der Waals surface area contributed by atoms with Gasteiger partial charge in [-0.3, -0.25) is 9.59 Å². The summed E-state index contributed by atoms with van der Waals surface area (Å²) in [6.07, 6.45) is 1.77. The Kier molecular flexibility index (Phi) is 6.36. The van der Waals surface area contributed by atoms with Crippen molar-refractivity contribution < 1.29 is 9.59 Å². The van der Waals surface area contributed by atoms with Crippen LogP contribution in [0.25, 0.3) is 16.9 Å². The summed E-state index contributed by atoms with van der Waals surface area (Å²) in [6, 6.07) is 24.9. The van der Waals surface area contributed by atoms with Crippen molar-refractivity contribution in [3.8, 4) is 16.9 Å². The van der Waals surface area contributed by atoms with Crippen molar-refractivity contribution in [3.05, 3.63) is 107 Å². The van der Waals surface area contributed by atoms with Crippen LogP contribution >= 0.6 is 0 Å². The zero-order chi connectivity index (χ0) is 23.4. The number of carbonyl (C=O) groups is 2. The summed E-state index contributed by atoms with van der Waals surface area (Å²) >= 11 is 0. The molecule has 0 bridgehead atoms. The van der Waals surface area contributed by atoms with Crippen LogP contribution in [-0.4, -0.2) is 40.6 Å². The van der Waals surface area contributed by atoms with Crippen molar-refractivity contribution in [1.82, 2.24) is 20.0 Å². The summed E-state index contributed by atoms with van der Waals surface area (Å²) in [5.74, 6) is -0.262. The summed E-state index contributed by atoms with van der Waals surface area (Å²) in [5, 5.41) is 7.70. The van der Waals surface area contributed by atoms with Gasteiger partial charge in [0.2, 0.25) is 0 Å². The summed E-state index contributed by atoms with van der Waals surface area (Å²) in [4.78, 5) is 26.7. The average Bonchev–Trinajstić information content (AvgIpc) is 3.29. The fourth-order valence-electron chi connectivity index (χ4n) is 3.48. The highest BCUT2D eigenvalue weighted by Crippen LogP contribution is 2.24. The van der Waals surface area contributed by atoms with Gasteiger partial charge in [0.1, 0.15) is 5.69 Å². The van der Waals surface area contributed by atoms with E-state index in [0.29, 0.717) is 23.4 Å². The number of aryl methyl sites for hydroxylation is 1. The second kappa shape index (κ2) is 9.53. The molecule has 4 aromatic rings. The largest absolute Gasteiger partial charge is 0.348 e. The molecule has 6 heteroatoms. The molecule has 0 aliphatic rings. The zero-order valence-electron chi connectivity index (χ0n) is 18.9. The molecule has 0 fully saturated rings. The maximum Gasteiger partial charge on any atom is 0.255 e. The highest BCUT2D eigenvalue weighted by atomic mass is 16.2. The van der Waals surface area contributed by atoms with E-state index in [0.717, 1.165) is 22.4 Å². The molecule has 0 aliphatic carbocycles. The van der Waals surface area contributed by atoms with Crippen molar-refractivity contribution in [1.29, 1.82) is 0 Å². The van der Waals surface area contributed by atoms with Crippen molar-refractivity contribution in [2.45, 2.75) is 13.5 Å². The summed E-state index contributed by atoms with van der Waals surface area (Å²) < 4.78 is 1.73. The van der Waals surface area contributed by atoms with Crippen LogP contribution in [0.3, 0.4) is 0 Å². The lowest BCUT2D eigenvalue weighted by Crippen LogP contribution is -2.23. The summed E-state index contributed by atoms with van der Waals surface area (Å²) in [5.41, 5.74) is 5.57. The number of carbonyl (C=O) groups excluding carboxylic acids is 2. The highest BCUT2D eigenvalue weighted by molar-refractivity contribution is 6.00. The van der Waals surface area contributed by atoms with E-state index < -0.39 is 0 Å². The van der Waals surface area contributed by atoms with E-state index in [1.54, 1.807) is 37.1 Å². The molecule has 0 unspecified atom stereocenters. The average molecular weight is 439 g/mol. The Hall–Kier alpha value is -4.19. The lowest BCUT2D eigenvalue weighted by molar-refractivity contribution is 0.0827. The van der Waals surface area contributed by atoms with Gasteiger partial charge in [-0.15, -0.1) is 0 Å². The van der Waals surface area contributed by atoms with E-state index in [2.05, 4.69) is 5.32 Å². The van der Waals surface area contributed by atoms with Gasteiger partial charge < -0.3 is 10.2 Å². The van der Waals surface area contributed by atoms with Crippen LogP contribution in [0.5, 0.6) is 0 Å². The smallest absolute Gasteiger partial charge is 0.255 e. The van der Waals surface area contributed by atoms with Crippen molar-refractivity contribution in [3.63, 3.8) is 0 Å². The molecule has 33 heavy (non-hydrogen) atoms. The van der Waals surface area contributed by atoms with Gasteiger partial charge in [-0.2, -0.15) is 5.10 Å². The second-order valence-electron chi connectivity index (χ2n) is 8.12. The van der Waals surface area contributed by atoms with E-state index in [9.17, 15) is 9.59 Å². The number of hydrogen-bond acceptors (Lipinski definition) is 3. The predicted octanol–water partition coefficient (Wildman–Crippen LogP) is 4.48. The van der Waals surface area contributed by atoms with Crippen LogP contribution in [0, 0.1) is 6.92 Å². The van der Waals surface area contributed by atoms with Crippen LogP contribution in [0.4, 0.5) is 0 Å². The number of benzene rings is 3. The van der Waals surface area contributed by atoms with Crippen LogP contribution in [0.1, 0.15) is 31.8 Å². The minimum atomic E-state index is -0.208. The lowest BCUT2D eigenvalue weighted by atomic mass is 10.1. The number of hydrogen-bond donors (Lipinski definition) is 1. The monoisotopic (exact) mass is 438 g/mol. The standard InChI is InChI=1S/C27H26N4O2/c1-19-9-15-23(16-10-19)31-18-24(25(29-31)21-7-5-4-6-8-21)26(32)28-17-20-11-13-22(14-12-20)27(33)30(2)3/h4-16,18H,17H2,1-3H3,(H,28,32). The summed E-state index contributed by atoms with van der Waals surface area (Å²) in [7, 11) is 3.44. The van der Waals surface area contributed by atoms with Gasteiger partial charge in [0.05, 0.1) is 11.3 Å². The van der Waals surface area contributed by atoms with E-state index in [1.165, 1.54) is 4.90 Å². The van der Waals surface area contributed by atoms with Gasteiger partial charge in [-0.1, -0.05) is 60.2 Å². The van der Waals surface area contributed by atoms with Crippen molar-refractivity contribution in [2.24, 2.45) is 0 Å². The Morgan fingerprint density at radius 3 is 2.21 bits per heavy atom. The third-order valence-corrected chi connectivity index (χ3v) is 5.36. The molecule has 3 aromatic carbocycles. The summed E-state index contributed by atoms with van der Waals surface area (Å²) in [6.45, 7) is 2.38. The van der Waals surface area contributed by atoms with Crippen molar-refractivity contribution in [2.75, 3.05) is 14.1 Å². The normalized spacial score (nSPS) is 10.6. The molecule has 0 radical (unpaired) electrons. The minimum Gasteiger partial charge on any atom is -0.348 e. The molecule has 0 aliphatic heterocycles. The molecule has 6 nitrogen and oxygen atoms in total. The Morgan fingerprint density at radius 2 is 1.58 bits per heavy atom.